The fourth-order valence-electron chi connectivity index (χ4n) is 1.37. The van der Waals surface area contributed by atoms with Crippen LogP contribution < -0.4 is 0 Å². The van der Waals surface area contributed by atoms with Crippen molar-refractivity contribution in [2.75, 3.05) is 19.5 Å². The van der Waals surface area contributed by atoms with E-state index in [-0.39, 0.29) is 11.3 Å². The normalized spacial score (nSPS) is 32.9. The van der Waals surface area contributed by atoms with Crippen molar-refractivity contribution >= 4 is 26.8 Å². The van der Waals surface area contributed by atoms with Crippen molar-refractivity contribution in [3.63, 3.8) is 0 Å². The Labute approximate surface area is 81.8 Å². The molecule has 1 unspecified atom stereocenters. The highest BCUT2D eigenvalue weighted by molar-refractivity contribution is 8.14. The third kappa shape index (κ3) is 1.55. The number of sulfonamides is 1. The van der Waals surface area contributed by atoms with E-state index in [0.717, 1.165) is 5.04 Å². The number of hydrogen-bond acceptors (Lipinski definition) is 5. The summed E-state index contributed by atoms with van der Waals surface area (Å²) in [5.74, 6) is 0.0124. The second-order valence-corrected chi connectivity index (χ2v) is 6.57. The van der Waals surface area contributed by atoms with E-state index in [4.69, 9.17) is 0 Å². The zero-order valence-corrected chi connectivity index (χ0v) is 9.10. The highest BCUT2D eigenvalue weighted by Gasteiger charge is 2.38. The monoisotopic (exact) mass is 221 g/mol. The summed E-state index contributed by atoms with van der Waals surface area (Å²) in [6.07, 6.45) is 0. The van der Waals surface area contributed by atoms with E-state index in [0.29, 0.717) is 6.54 Å². The molecule has 0 aromatic carbocycles. The van der Waals surface area contributed by atoms with E-state index >= 15 is 0 Å². The van der Waals surface area contributed by atoms with Crippen LogP contribution in [-0.4, -0.2) is 47.6 Å². The van der Waals surface area contributed by atoms with Gasteiger partial charge in [-0.15, -0.1) is 0 Å². The molecule has 2 heterocycles. The standard InChI is InChI=1S/C6H11N3O2S2/c1-5-7-9-4-13(10,11)8(2)3-6(9)12-5/h6H,3-4H2,1-2H3. The van der Waals surface area contributed by atoms with Crippen LogP contribution in [0.15, 0.2) is 5.10 Å². The largest absolute Gasteiger partial charge is 0.265 e. The molecule has 1 fully saturated rings. The molecule has 0 aromatic rings. The number of nitrogens with zero attached hydrogens (tertiary/aromatic N) is 3. The maximum atomic E-state index is 11.4. The van der Waals surface area contributed by atoms with Gasteiger partial charge in [-0.1, -0.05) is 11.8 Å². The first-order chi connectivity index (χ1) is 5.99. The molecule has 1 saturated heterocycles. The molecule has 0 aliphatic carbocycles. The molecular weight excluding hydrogens is 210 g/mol. The summed E-state index contributed by atoms with van der Waals surface area (Å²) in [5.41, 5.74) is 0. The van der Waals surface area contributed by atoms with Crippen LogP contribution in [0.3, 0.4) is 0 Å². The fourth-order valence-corrected chi connectivity index (χ4v) is 3.78. The van der Waals surface area contributed by atoms with Gasteiger partial charge in [-0.3, -0.25) is 5.01 Å². The van der Waals surface area contributed by atoms with E-state index in [9.17, 15) is 8.42 Å². The fraction of sp³-hybridized carbons (Fsp3) is 0.833. The lowest BCUT2D eigenvalue weighted by atomic mass is 10.6. The molecule has 1 atom stereocenters. The SMILES string of the molecule is CC1=NN2CS(=O)(=O)N(C)CC2S1. The van der Waals surface area contributed by atoms with Crippen molar-refractivity contribution < 1.29 is 8.42 Å². The Balaban J connectivity index is 2.24. The van der Waals surface area contributed by atoms with Gasteiger partial charge in [0.1, 0.15) is 5.37 Å². The van der Waals surface area contributed by atoms with Crippen molar-refractivity contribution in [2.24, 2.45) is 5.10 Å². The second-order valence-electron chi connectivity index (χ2n) is 3.15. The van der Waals surface area contributed by atoms with Gasteiger partial charge in [-0.05, 0) is 6.92 Å². The summed E-state index contributed by atoms with van der Waals surface area (Å²) >= 11 is 1.62. The van der Waals surface area contributed by atoms with E-state index in [2.05, 4.69) is 5.10 Å². The van der Waals surface area contributed by atoms with Crippen LogP contribution in [0.4, 0.5) is 0 Å². The van der Waals surface area contributed by atoms with Gasteiger partial charge < -0.3 is 0 Å². The smallest absolute Gasteiger partial charge is 0.233 e. The van der Waals surface area contributed by atoms with Crippen LogP contribution >= 0.6 is 11.8 Å². The van der Waals surface area contributed by atoms with Crippen molar-refractivity contribution in [2.45, 2.75) is 12.3 Å². The maximum Gasteiger partial charge on any atom is 0.233 e. The maximum absolute atomic E-state index is 11.4. The van der Waals surface area contributed by atoms with E-state index < -0.39 is 10.0 Å². The number of fused-ring (bicyclic) bond motifs is 1. The molecule has 0 amide bonds. The lowest BCUT2D eigenvalue weighted by molar-refractivity contribution is 0.252. The van der Waals surface area contributed by atoms with Gasteiger partial charge in [0.25, 0.3) is 0 Å². The first-order valence-electron chi connectivity index (χ1n) is 3.91. The van der Waals surface area contributed by atoms with Crippen LogP contribution in [0.1, 0.15) is 6.92 Å². The highest BCUT2D eigenvalue weighted by atomic mass is 32.2. The molecule has 5 nitrogen and oxygen atoms in total. The molecular formula is C6H11N3O2S2. The third-order valence-corrected chi connectivity index (χ3v) is 4.87. The van der Waals surface area contributed by atoms with Gasteiger partial charge in [0.15, 0.2) is 5.88 Å². The van der Waals surface area contributed by atoms with Crippen molar-refractivity contribution in [3.8, 4) is 0 Å². The lowest BCUT2D eigenvalue weighted by Gasteiger charge is -2.32. The summed E-state index contributed by atoms with van der Waals surface area (Å²) in [6, 6.07) is 0. The average molecular weight is 221 g/mol. The number of likely N-dealkylation sites (N-methyl/N-ethyl adjacent to an activating group) is 1. The average Bonchev–Trinajstić information content (AvgIpc) is 2.29. The van der Waals surface area contributed by atoms with E-state index in [1.807, 2.05) is 6.92 Å². The molecule has 2 aliphatic heterocycles. The Morgan fingerprint density at radius 2 is 2.31 bits per heavy atom. The van der Waals surface area contributed by atoms with E-state index in [1.54, 1.807) is 23.8 Å². The molecule has 7 heteroatoms. The summed E-state index contributed by atoms with van der Waals surface area (Å²) < 4.78 is 24.3. The number of rotatable bonds is 0. The predicted octanol–water partition coefficient (Wildman–Crippen LogP) is -0.0726. The summed E-state index contributed by atoms with van der Waals surface area (Å²) in [6.45, 7) is 2.42. The second kappa shape index (κ2) is 2.86. The molecule has 74 valence electrons. The molecule has 0 aromatic heterocycles. The summed E-state index contributed by atoms with van der Waals surface area (Å²) in [4.78, 5) is 0. The molecule has 0 N–H and O–H groups in total. The molecule has 0 bridgehead atoms. The van der Waals surface area contributed by atoms with Gasteiger partial charge in [0.2, 0.25) is 10.0 Å². The van der Waals surface area contributed by atoms with Crippen molar-refractivity contribution in [1.82, 2.24) is 9.31 Å². The molecule has 0 radical (unpaired) electrons. The van der Waals surface area contributed by atoms with Gasteiger partial charge in [0, 0.05) is 13.6 Å². The minimum atomic E-state index is -3.10. The molecule has 13 heavy (non-hydrogen) atoms. The Morgan fingerprint density at radius 1 is 1.62 bits per heavy atom. The van der Waals surface area contributed by atoms with Crippen LogP contribution in [0, 0.1) is 0 Å². The highest BCUT2D eigenvalue weighted by Crippen LogP contribution is 2.30. The third-order valence-electron chi connectivity index (χ3n) is 2.09. The van der Waals surface area contributed by atoms with Crippen LogP contribution in [0.5, 0.6) is 0 Å². The number of hydrazone groups is 1. The number of thioether (sulfide) groups is 1. The van der Waals surface area contributed by atoms with Gasteiger partial charge >= 0.3 is 0 Å². The topological polar surface area (TPSA) is 53.0 Å². The molecule has 0 saturated carbocycles. The first kappa shape index (κ1) is 9.29. The molecule has 2 rings (SSSR count). The zero-order valence-electron chi connectivity index (χ0n) is 7.47. The minimum absolute atomic E-state index is 0.0124. The van der Waals surface area contributed by atoms with E-state index in [1.165, 1.54) is 4.31 Å². The summed E-state index contributed by atoms with van der Waals surface area (Å²) in [5, 5.41) is 6.91. The van der Waals surface area contributed by atoms with Crippen LogP contribution in [-0.2, 0) is 10.0 Å². The van der Waals surface area contributed by atoms with Gasteiger partial charge in [0.05, 0.1) is 5.04 Å². The number of hydrogen-bond donors (Lipinski definition) is 0. The Bertz CT molecular complexity index is 351. The summed E-state index contributed by atoms with van der Waals surface area (Å²) in [7, 11) is -1.49. The molecule has 2 aliphatic rings. The van der Waals surface area contributed by atoms with Crippen molar-refractivity contribution in [1.29, 1.82) is 0 Å². The lowest BCUT2D eigenvalue weighted by Crippen LogP contribution is -2.49. The minimum Gasteiger partial charge on any atom is -0.265 e. The van der Waals surface area contributed by atoms with Crippen LogP contribution in [0.2, 0.25) is 0 Å². The van der Waals surface area contributed by atoms with Gasteiger partial charge in [-0.2, -0.15) is 5.10 Å². The quantitative estimate of drug-likeness (QED) is 0.574. The molecule has 0 spiro atoms. The predicted molar refractivity (Wildman–Crippen MR) is 52.7 cm³/mol. The van der Waals surface area contributed by atoms with Crippen molar-refractivity contribution in [3.05, 3.63) is 0 Å². The first-order valence-corrected chi connectivity index (χ1v) is 6.40. The Kier molecular flexibility index (Phi) is 2.04. The Hall–Kier alpha value is -0.270. The Morgan fingerprint density at radius 3 is 3.00 bits per heavy atom. The van der Waals surface area contributed by atoms with Crippen LogP contribution in [0.25, 0.3) is 0 Å². The zero-order chi connectivity index (χ0) is 9.64. The van der Waals surface area contributed by atoms with Gasteiger partial charge in [-0.25, -0.2) is 12.7 Å².